The summed E-state index contributed by atoms with van der Waals surface area (Å²) in [6.07, 6.45) is 1.27. The van der Waals surface area contributed by atoms with Crippen LogP contribution in [-0.4, -0.2) is 6.61 Å². The molecule has 0 saturated heterocycles. The van der Waals surface area contributed by atoms with Crippen molar-refractivity contribution >= 4 is 47.8 Å². The van der Waals surface area contributed by atoms with Crippen LogP contribution in [0.1, 0.15) is 18.4 Å². The van der Waals surface area contributed by atoms with E-state index < -0.39 is 0 Å². The van der Waals surface area contributed by atoms with Gasteiger partial charge in [-0.05, 0) is 56.0 Å². The van der Waals surface area contributed by atoms with E-state index in [1.54, 1.807) is 0 Å². The standard InChI is InChI=1S/C11H10Br3NO/c12-7-8-5-9(13)11(10(14)6-8)16-4-2-1-3-15/h5-6H,1-2,4,7H2. The fourth-order valence-corrected chi connectivity index (χ4v) is 2.99. The molecule has 1 aromatic carbocycles. The van der Waals surface area contributed by atoms with Crippen molar-refractivity contribution in [2.75, 3.05) is 6.61 Å². The minimum atomic E-state index is 0.523. The predicted octanol–water partition coefficient (Wildman–Crippen LogP) is 4.79. The SMILES string of the molecule is N#CCCCOc1c(Br)cc(CBr)cc1Br. The molecule has 0 spiro atoms. The first-order valence-corrected chi connectivity index (χ1v) is 7.43. The van der Waals surface area contributed by atoms with E-state index in [2.05, 4.69) is 53.9 Å². The number of unbranched alkanes of at least 4 members (excludes halogenated alkanes) is 1. The van der Waals surface area contributed by atoms with E-state index in [0.29, 0.717) is 13.0 Å². The number of halogens is 3. The van der Waals surface area contributed by atoms with Gasteiger partial charge in [0.2, 0.25) is 0 Å². The zero-order valence-corrected chi connectivity index (χ0v) is 13.2. The largest absolute Gasteiger partial charge is 0.491 e. The fourth-order valence-electron chi connectivity index (χ4n) is 1.15. The van der Waals surface area contributed by atoms with Crippen LogP contribution in [0.2, 0.25) is 0 Å². The Labute approximate surface area is 120 Å². The zero-order valence-electron chi connectivity index (χ0n) is 8.47. The number of alkyl halides is 1. The van der Waals surface area contributed by atoms with Crippen LogP contribution in [0.3, 0.4) is 0 Å². The second-order valence-corrected chi connectivity index (χ2v) is 5.40. The second kappa shape index (κ2) is 7.31. The van der Waals surface area contributed by atoms with Crippen molar-refractivity contribution in [3.63, 3.8) is 0 Å². The van der Waals surface area contributed by atoms with Gasteiger partial charge in [0.25, 0.3) is 0 Å². The van der Waals surface area contributed by atoms with E-state index in [1.165, 1.54) is 5.56 Å². The highest BCUT2D eigenvalue weighted by Gasteiger charge is 2.08. The number of nitrogens with zero attached hydrogens (tertiary/aromatic N) is 1. The molecule has 0 fully saturated rings. The number of hydrogen-bond acceptors (Lipinski definition) is 2. The van der Waals surface area contributed by atoms with Crippen LogP contribution < -0.4 is 4.74 Å². The van der Waals surface area contributed by atoms with E-state index in [9.17, 15) is 0 Å². The van der Waals surface area contributed by atoms with Gasteiger partial charge in [-0.1, -0.05) is 15.9 Å². The summed E-state index contributed by atoms with van der Waals surface area (Å²) < 4.78 is 7.46. The number of rotatable bonds is 5. The zero-order chi connectivity index (χ0) is 12.0. The molecule has 2 nitrogen and oxygen atoms in total. The Kier molecular flexibility index (Phi) is 6.40. The topological polar surface area (TPSA) is 33.0 Å². The van der Waals surface area contributed by atoms with Crippen molar-refractivity contribution in [2.24, 2.45) is 0 Å². The molecule has 0 aliphatic heterocycles. The monoisotopic (exact) mass is 409 g/mol. The van der Waals surface area contributed by atoms with E-state index in [-0.39, 0.29) is 0 Å². The maximum atomic E-state index is 8.41. The van der Waals surface area contributed by atoms with Crippen LogP contribution in [-0.2, 0) is 5.33 Å². The van der Waals surface area contributed by atoms with Crippen LogP contribution in [0.25, 0.3) is 0 Å². The third kappa shape index (κ3) is 4.08. The Morgan fingerprint density at radius 1 is 1.25 bits per heavy atom. The van der Waals surface area contributed by atoms with Gasteiger partial charge in [-0.15, -0.1) is 0 Å². The Bertz CT molecular complexity index is 378. The van der Waals surface area contributed by atoms with Gasteiger partial charge in [-0.3, -0.25) is 0 Å². The average molecular weight is 412 g/mol. The molecule has 1 aromatic rings. The highest BCUT2D eigenvalue weighted by molar-refractivity contribution is 9.11. The number of nitriles is 1. The Hall–Kier alpha value is -0.0500. The highest BCUT2D eigenvalue weighted by atomic mass is 79.9. The molecule has 0 amide bonds. The molecule has 86 valence electrons. The molecular weight excluding hydrogens is 402 g/mol. The number of hydrogen-bond donors (Lipinski definition) is 0. The molecule has 0 aromatic heterocycles. The lowest BCUT2D eigenvalue weighted by Crippen LogP contribution is -1.98. The minimum Gasteiger partial charge on any atom is -0.491 e. The number of ether oxygens (including phenoxy) is 1. The van der Waals surface area contributed by atoms with E-state index in [1.807, 2.05) is 12.1 Å². The van der Waals surface area contributed by atoms with Gasteiger partial charge in [0, 0.05) is 11.8 Å². The van der Waals surface area contributed by atoms with Crippen LogP contribution in [0.5, 0.6) is 5.75 Å². The van der Waals surface area contributed by atoms with Crippen molar-refractivity contribution in [3.05, 3.63) is 26.6 Å². The summed E-state index contributed by atoms with van der Waals surface area (Å²) in [7, 11) is 0. The van der Waals surface area contributed by atoms with Crippen molar-refractivity contribution in [2.45, 2.75) is 18.2 Å². The van der Waals surface area contributed by atoms with Gasteiger partial charge < -0.3 is 4.74 Å². The predicted molar refractivity (Wildman–Crippen MR) is 74.8 cm³/mol. The summed E-state index contributed by atoms with van der Waals surface area (Å²) in [5.74, 6) is 0.794. The third-order valence-electron chi connectivity index (χ3n) is 1.89. The molecule has 0 heterocycles. The first-order valence-electron chi connectivity index (χ1n) is 4.72. The summed E-state index contributed by atoms with van der Waals surface area (Å²) in [4.78, 5) is 0. The highest BCUT2D eigenvalue weighted by Crippen LogP contribution is 2.35. The molecule has 0 unspecified atom stereocenters. The Morgan fingerprint density at radius 2 is 1.88 bits per heavy atom. The van der Waals surface area contributed by atoms with E-state index in [4.69, 9.17) is 10.00 Å². The smallest absolute Gasteiger partial charge is 0.147 e. The first-order chi connectivity index (χ1) is 7.69. The summed E-state index contributed by atoms with van der Waals surface area (Å²) in [6, 6.07) is 6.12. The Morgan fingerprint density at radius 3 is 2.38 bits per heavy atom. The molecule has 0 N–H and O–H groups in total. The van der Waals surface area contributed by atoms with Gasteiger partial charge in [-0.25, -0.2) is 0 Å². The molecule has 0 atom stereocenters. The fraction of sp³-hybridized carbons (Fsp3) is 0.364. The summed E-state index contributed by atoms with van der Waals surface area (Å²) >= 11 is 10.3. The quantitative estimate of drug-likeness (QED) is 0.515. The molecular formula is C11H10Br3NO. The van der Waals surface area contributed by atoms with Gasteiger partial charge in [0.1, 0.15) is 5.75 Å². The van der Waals surface area contributed by atoms with Crippen molar-refractivity contribution in [3.8, 4) is 11.8 Å². The lowest BCUT2D eigenvalue weighted by atomic mass is 10.2. The van der Waals surface area contributed by atoms with Gasteiger partial charge >= 0.3 is 0 Å². The maximum Gasteiger partial charge on any atom is 0.147 e. The summed E-state index contributed by atoms with van der Waals surface area (Å²) in [5.41, 5.74) is 1.17. The summed E-state index contributed by atoms with van der Waals surface area (Å²) in [5, 5.41) is 9.22. The van der Waals surface area contributed by atoms with Crippen molar-refractivity contribution in [1.82, 2.24) is 0 Å². The van der Waals surface area contributed by atoms with Crippen molar-refractivity contribution in [1.29, 1.82) is 5.26 Å². The normalized spacial score (nSPS) is 9.88. The van der Waals surface area contributed by atoms with Gasteiger partial charge in [-0.2, -0.15) is 5.26 Å². The maximum absolute atomic E-state index is 8.41. The summed E-state index contributed by atoms with van der Waals surface area (Å²) in [6.45, 7) is 0.554. The van der Waals surface area contributed by atoms with Crippen LogP contribution >= 0.6 is 47.8 Å². The minimum absolute atomic E-state index is 0.523. The molecule has 0 radical (unpaired) electrons. The van der Waals surface area contributed by atoms with Gasteiger partial charge in [0.05, 0.1) is 21.6 Å². The molecule has 0 aliphatic rings. The first kappa shape index (κ1) is 14.0. The molecule has 0 bridgehead atoms. The second-order valence-electron chi connectivity index (χ2n) is 3.13. The van der Waals surface area contributed by atoms with Crippen molar-refractivity contribution < 1.29 is 4.74 Å². The Balaban J connectivity index is 2.69. The molecule has 16 heavy (non-hydrogen) atoms. The van der Waals surface area contributed by atoms with E-state index in [0.717, 1.165) is 26.4 Å². The molecule has 0 aliphatic carbocycles. The number of benzene rings is 1. The lowest BCUT2D eigenvalue weighted by Gasteiger charge is -2.10. The molecule has 5 heteroatoms. The third-order valence-corrected chi connectivity index (χ3v) is 3.72. The van der Waals surface area contributed by atoms with Crippen LogP contribution in [0.4, 0.5) is 0 Å². The van der Waals surface area contributed by atoms with E-state index >= 15 is 0 Å². The lowest BCUT2D eigenvalue weighted by molar-refractivity contribution is 0.309. The van der Waals surface area contributed by atoms with Crippen LogP contribution in [0.15, 0.2) is 21.1 Å². The van der Waals surface area contributed by atoms with Crippen LogP contribution in [0, 0.1) is 11.3 Å². The molecule has 1 rings (SSSR count). The van der Waals surface area contributed by atoms with Gasteiger partial charge in [0.15, 0.2) is 0 Å². The molecule has 0 saturated carbocycles. The average Bonchev–Trinajstić information content (AvgIpc) is 2.26.